The first-order valence-electron chi connectivity index (χ1n) is 8.15. The van der Waals surface area contributed by atoms with Gasteiger partial charge in [-0.3, -0.25) is 4.79 Å². The van der Waals surface area contributed by atoms with Crippen LogP contribution < -0.4 is 4.90 Å². The molecule has 0 aliphatic carbocycles. The van der Waals surface area contributed by atoms with Crippen LogP contribution in [-0.4, -0.2) is 17.4 Å². The summed E-state index contributed by atoms with van der Waals surface area (Å²) in [6, 6.07) is 13.9. The molecule has 1 N–H and O–H groups in total. The molecule has 122 valence electrons. The van der Waals surface area contributed by atoms with Crippen LogP contribution in [0.5, 0.6) is 0 Å². The fourth-order valence-electron chi connectivity index (χ4n) is 3.62. The number of carbonyl (C=O) groups excluding carboxylic acids is 1. The number of fused-ring (bicyclic) bond motifs is 2. The van der Waals surface area contributed by atoms with Gasteiger partial charge in [0.15, 0.2) is 0 Å². The fraction of sp³-hybridized carbons (Fsp3) is 0.250. The highest BCUT2D eigenvalue weighted by molar-refractivity contribution is 6.31. The van der Waals surface area contributed by atoms with Crippen molar-refractivity contribution in [3.05, 3.63) is 64.8 Å². The second-order valence-electron chi connectivity index (χ2n) is 6.85. The molecular weight excluding hydrogens is 320 g/mol. The minimum atomic E-state index is -0.621. The maximum absolute atomic E-state index is 13.3. The summed E-state index contributed by atoms with van der Waals surface area (Å²) in [4.78, 5) is 18.5. The molecular formula is C20H19ClN2O. The number of benzene rings is 2. The summed E-state index contributed by atoms with van der Waals surface area (Å²) >= 11 is 6.07. The van der Waals surface area contributed by atoms with Crippen molar-refractivity contribution < 1.29 is 4.79 Å². The maximum atomic E-state index is 13.3. The molecule has 0 fully saturated rings. The predicted octanol–water partition coefficient (Wildman–Crippen LogP) is 4.69. The zero-order chi connectivity index (χ0) is 16.9. The molecule has 0 unspecified atom stereocenters. The monoisotopic (exact) mass is 338 g/mol. The lowest BCUT2D eigenvalue weighted by atomic mass is 9.83. The number of amides is 1. The first-order valence-corrected chi connectivity index (χ1v) is 8.53. The largest absolute Gasteiger partial charge is 0.361 e. The number of nitrogens with one attached hydrogen (secondary N) is 1. The number of aromatic amines is 1. The SMILES string of the molecule is CC(C)(C(=O)N1CCc2ccccc21)c1c[nH]c2cc(Cl)ccc12. The third-order valence-electron chi connectivity index (χ3n) is 4.98. The molecule has 24 heavy (non-hydrogen) atoms. The van der Waals surface area contributed by atoms with E-state index in [1.807, 2.05) is 61.3 Å². The first kappa shape index (κ1) is 15.3. The molecule has 0 bridgehead atoms. The summed E-state index contributed by atoms with van der Waals surface area (Å²) in [5, 5.41) is 1.73. The smallest absolute Gasteiger partial charge is 0.237 e. The summed E-state index contributed by atoms with van der Waals surface area (Å²) in [5.41, 5.74) is 3.62. The normalized spacial score (nSPS) is 14.2. The number of H-pyrrole nitrogens is 1. The van der Waals surface area contributed by atoms with Gasteiger partial charge in [-0.05, 0) is 49.6 Å². The molecule has 2 heterocycles. The quantitative estimate of drug-likeness (QED) is 0.723. The van der Waals surface area contributed by atoms with Crippen LogP contribution in [0.1, 0.15) is 25.0 Å². The van der Waals surface area contributed by atoms with Crippen molar-refractivity contribution in [3.8, 4) is 0 Å². The molecule has 0 saturated heterocycles. The van der Waals surface area contributed by atoms with Crippen LogP contribution in [0.15, 0.2) is 48.7 Å². The van der Waals surface area contributed by atoms with Crippen LogP contribution in [0.4, 0.5) is 5.69 Å². The van der Waals surface area contributed by atoms with E-state index in [9.17, 15) is 4.79 Å². The zero-order valence-electron chi connectivity index (χ0n) is 13.8. The van der Waals surface area contributed by atoms with Crippen LogP contribution in [-0.2, 0) is 16.6 Å². The van der Waals surface area contributed by atoms with Crippen LogP contribution in [0.3, 0.4) is 0 Å². The van der Waals surface area contributed by atoms with E-state index in [-0.39, 0.29) is 5.91 Å². The number of hydrogen-bond donors (Lipinski definition) is 1. The Hall–Kier alpha value is -2.26. The Morgan fingerprint density at radius 3 is 2.83 bits per heavy atom. The number of rotatable bonds is 2. The van der Waals surface area contributed by atoms with E-state index >= 15 is 0 Å². The lowest BCUT2D eigenvalue weighted by Gasteiger charge is -2.29. The number of carbonyl (C=O) groups is 1. The average Bonchev–Trinajstić information content (AvgIpc) is 3.17. The van der Waals surface area contributed by atoms with E-state index in [2.05, 4.69) is 11.1 Å². The third kappa shape index (κ3) is 2.23. The minimum Gasteiger partial charge on any atom is -0.361 e. The van der Waals surface area contributed by atoms with Gasteiger partial charge in [0.05, 0.1) is 5.41 Å². The summed E-state index contributed by atoms with van der Waals surface area (Å²) in [7, 11) is 0. The molecule has 0 saturated carbocycles. The van der Waals surface area contributed by atoms with Gasteiger partial charge in [0.1, 0.15) is 0 Å². The van der Waals surface area contributed by atoms with Crippen LogP contribution in [0, 0.1) is 0 Å². The van der Waals surface area contributed by atoms with Crippen molar-refractivity contribution in [3.63, 3.8) is 0 Å². The number of aromatic nitrogens is 1. The van der Waals surface area contributed by atoms with Gasteiger partial charge in [-0.25, -0.2) is 0 Å². The van der Waals surface area contributed by atoms with Crippen LogP contribution in [0.2, 0.25) is 5.02 Å². The maximum Gasteiger partial charge on any atom is 0.237 e. The van der Waals surface area contributed by atoms with Crippen molar-refractivity contribution in [2.75, 3.05) is 11.4 Å². The fourth-order valence-corrected chi connectivity index (χ4v) is 3.79. The van der Waals surface area contributed by atoms with Gasteiger partial charge >= 0.3 is 0 Å². The van der Waals surface area contributed by atoms with E-state index in [0.717, 1.165) is 35.1 Å². The highest BCUT2D eigenvalue weighted by atomic mass is 35.5. The Bertz CT molecular complexity index is 942. The Morgan fingerprint density at radius 1 is 1.21 bits per heavy atom. The molecule has 0 radical (unpaired) electrons. The summed E-state index contributed by atoms with van der Waals surface area (Å²) in [6.45, 7) is 4.73. The highest BCUT2D eigenvalue weighted by Crippen LogP contribution is 2.36. The second-order valence-corrected chi connectivity index (χ2v) is 7.29. The minimum absolute atomic E-state index is 0.128. The number of hydrogen-bond acceptors (Lipinski definition) is 1. The van der Waals surface area contributed by atoms with Crippen molar-refractivity contribution in [1.82, 2.24) is 4.98 Å². The van der Waals surface area contributed by atoms with Crippen molar-refractivity contribution in [2.24, 2.45) is 0 Å². The molecule has 0 atom stereocenters. The van der Waals surface area contributed by atoms with Gasteiger partial charge in [-0.2, -0.15) is 0 Å². The Balaban J connectivity index is 1.75. The van der Waals surface area contributed by atoms with E-state index in [0.29, 0.717) is 5.02 Å². The Morgan fingerprint density at radius 2 is 2.00 bits per heavy atom. The molecule has 2 aromatic carbocycles. The molecule has 3 aromatic rings. The molecule has 1 aromatic heterocycles. The topological polar surface area (TPSA) is 36.1 Å². The van der Waals surface area contributed by atoms with Crippen LogP contribution in [0.25, 0.3) is 10.9 Å². The first-order chi connectivity index (χ1) is 11.5. The van der Waals surface area contributed by atoms with Crippen LogP contribution >= 0.6 is 11.6 Å². The summed E-state index contributed by atoms with van der Waals surface area (Å²) in [6.07, 6.45) is 2.85. The molecule has 1 aliphatic heterocycles. The van der Waals surface area contributed by atoms with Gasteiger partial charge < -0.3 is 9.88 Å². The van der Waals surface area contributed by atoms with E-state index in [1.165, 1.54) is 5.56 Å². The molecule has 1 aliphatic rings. The highest BCUT2D eigenvalue weighted by Gasteiger charge is 2.38. The second kappa shape index (κ2) is 5.38. The van der Waals surface area contributed by atoms with Gasteiger partial charge in [-0.15, -0.1) is 0 Å². The lowest BCUT2D eigenvalue weighted by Crippen LogP contribution is -2.42. The summed E-state index contributed by atoms with van der Waals surface area (Å²) < 4.78 is 0. The molecule has 4 rings (SSSR count). The molecule has 3 nitrogen and oxygen atoms in total. The van der Waals surface area contributed by atoms with Gasteiger partial charge in [0.25, 0.3) is 0 Å². The number of para-hydroxylation sites is 1. The lowest BCUT2D eigenvalue weighted by molar-refractivity contribution is -0.122. The zero-order valence-corrected chi connectivity index (χ0v) is 14.5. The number of halogens is 1. The van der Waals surface area contributed by atoms with Gasteiger partial charge in [0, 0.05) is 34.4 Å². The number of nitrogens with zero attached hydrogens (tertiary/aromatic N) is 1. The van der Waals surface area contributed by atoms with Crippen molar-refractivity contribution >= 4 is 34.1 Å². The van der Waals surface area contributed by atoms with E-state index in [4.69, 9.17) is 11.6 Å². The third-order valence-corrected chi connectivity index (χ3v) is 5.22. The van der Waals surface area contributed by atoms with Crippen molar-refractivity contribution in [2.45, 2.75) is 25.7 Å². The summed E-state index contributed by atoms with van der Waals surface area (Å²) in [5.74, 6) is 0.128. The molecule has 1 amide bonds. The number of anilines is 1. The average molecular weight is 339 g/mol. The van der Waals surface area contributed by atoms with E-state index in [1.54, 1.807) is 0 Å². The predicted molar refractivity (Wildman–Crippen MR) is 98.8 cm³/mol. The van der Waals surface area contributed by atoms with E-state index < -0.39 is 5.41 Å². The van der Waals surface area contributed by atoms with Gasteiger partial charge in [0.2, 0.25) is 5.91 Å². The molecule has 0 spiro atoms. The molecule has 4 heteroatoms. The van der Waals surface area contributed by atoms with Gasteiger partial charge in [-0.1, -0.05) is 35.9 Å². The Labute approximate surface area is 146 Å². The Kier molecular flexibility index (Phi) is 3.43. The standard InChI is InChI=1S/C20H19ClN2O/c1-20(2,16-12-22-17-11-14(21)7-8-15(16)17)19(24)23-10-9-13-5-3-4-6-18(13)23/h3-8,11-12,22H,9-10H2,1-2H3. The van der Waals surface area contributed by atoms with Crippen molar-refractivity contribution in [1.29, 1.82) is 0 Å².